The fraction of sp³-hybridized carbons (Fsp3) is 0.294. The molecule has 4 aromatic carbocycles. The molecule has 0 N–H and O–H groups in total. The van der Waals surface area contributed by atoms with E-state index in [1.54, 1.807) is 13.0 Å². The zero-order valence-corrected chi connectivity index (χ0v) is 26.0. The zero-order chi connectivity index (χ0) is 31.9. The van der Waals surface area contributed by atoms with Gasteiger partial charge < -0.3 is 4.74 Å². The van der Waals surface area contributed by atoms with Gasteiger partial charge in [0.25, 0.3) is 0 Å². The summed E-state index contributed by atoms with van der Waals surface area (Å²) in [5.41, 5.74) is 1.67. The summed E-state index contributed by atoms with van der Waals surface area (Å²) in [6.07, 6.45) is -2.92. The van der Waals surface area contributed by atoms with E-state index in [1.807, 2.05) is 65.6 Å². The van der Waals surface area contributed by atoms with Crippen LogP contribution in [0.1, 0.15) is 47.1 Å². The lowest BCUT2D eigenvalue weighted by Gasteiger charge is -2.29. The molecule has 0 radical (unpaired) electrons. The molecule has 0 saturated heterocycles. The van der Waals surface area contributed by atoms with Gasteiger partial charge in [-0.15, -0.1) is 0 Å². The standard InChI is InChI=1S/C34H34ClF4NO3S/c1-3-28-31(36)20-27(21-32(28)44(2,41)42)43-19-11-18-40(22-26-16-10-17-30(33(26)35)34(37,38)39)23-29(24-12-6-4-7-13-24)25-14-8-5-9-15-25/h4-10,12-17,20-21,29H,3,11,18-19,22-23H2,1-2H3. The van der Waals surface area contributed by atoms with E-state index < -0.39 is 27.4 Å². The van der Waals surface area contributed by atoms with Crippen LogP contribution < -0.4 is 4.74 Å². The summed E-state index contributed by atoms with van der Waals surface area (Å²) in [5, 5.41) is -0.336. The number of rotatable bonds is 13. The Kier molecular flexibility index (Phi) is 11.1. The summed E-state index contributed by atoms with van der Waals surface area (Å²) in [4.78, 5) is 1.92. The minimum absolute atomic E-state index is 0.0871. The molecule has 0 bridgehead atoms. The fourth-order valence-corrected chi connectivity index (χ4v) is 6.56. The van der Waals surface area contributed by atoms with Crippen molar-refractivity contribution < 1.29 is 30.7 Å². The largest absolute Gasteiger partial charge is 0.493 e. The second-order valence-corrected chi connectivity index (χ2v) is 13.0. The van der Waals surface area contributed by atoms with E-state index in [9.17, 15) is 26.0 Å². The number of hydrogen-bond acceptors (Lipinski definition) is 4. The lowest BCUT2D eigenvalue weighted by molar-refractivity contribution is -0.137. The monoisotopic (exact) mass is 647 g/mol. The SMILES string of the molecule is CCc1c(F)cc(OCCCN(Cc2cccc(C(F)(F)F)c2Cl)CC(c2ccccc2)c2ccccc2)cc1S(C)(=O)=O. The molecule has 0 heterocycles. The van der Waals surface area contributed by atoms with Crippen LogP contribution in [-0.4, -0.2) is 39.3 Å². The number of hydrogen-bond donors (Lipinski definition) is 0. The van der Waals surface area contributed by atoms with Crippen molar-refractivity contribution in [2.75, 3.05) is 26.0 Å². The average Bonchev–Trinajstić information content (AvgIpc) is 2.98. The molecule has 0 aliphatic rings. The fourth-order valence-electron chi connectivity index (χ4n) is 5.25. The molecule has 0 aliphatic carbocycles. The molecule has 0 aromatic heterocycles. The summed E-state index contributed by atoms with van der Waals surface area (Å²) in [6.45, 7) is 2.84. The van der Waals surface area contributed by atoms with Crippen LogP contribution in [0.5, 0.6) is 5.75 Å². The van der Waals surface area contributed by atoms with Crippen molar-refractivity contribution in [2.24, 2.45) is 0 Å². The lowest BCUT2D eigenvalue weighted by atomic mass is 9.90. The van der Waals surface area contributed by atoms with Crippen LogP contribution in [-0.2, 0) is 29.0 Å². The number of alkyl halides is 3. The van der Waals surface area contributed by atoms with E-state index in [1.165, 1.54) is 18.2 Å². The first-order valence-corrected chi connectivity index (χ1v) is 16.5. The lowest BCUT2D eigenvalue weighted by Crippen LogP contribution is -2.31. The van der Waals surface area contributed by atoms with E-state index in [0.29, 0.717) is 25.1 Å². The maximum Gasteiger partial charge on any atom is 0.417 e. The van der Waals surface area contributed by atoms with Gasteiger partial charge in [0.2, 0.25) is 0 Å². The van der Waals surface area contributed by atoms with Crippen LogP contribution in [0.4, 0.5) is 17.6 Å². The molecule has 0 aliphatic heterocycles. The molecule has 0 amide bonds. The molecule has 0 atom stereocenters. The predicted octanol–water partition coefficient (Wildman–Crippen LogP) is 8.57. The van der Waals surface area contributed by atoms with Crippen molar-refractivity contribution in [3.8, 4) is 5.75 Å². The number of benzene rings is 4. The maximum atomic E-state index is 14.7. The van der Waals surface area contributed by atoms with Crippen LogP contribution in [0.3, 0.4) is 0 Å². The van der Waals surface area contributed by atoms with Crippen molar-refractivity contribution in [3.63, 3.8) is 0 Å². The predicted molar refractivity (Wildman–Crippen MR) is 165 cm³/mol. The zero-order valence-electron chi connectivity index (χ0n) is 24.5. The van der Waals surface area contributed by atoms with Gasteiger partial charge >= 0.3 is 6.18 Å². The molecular formula is C34H34ClF4NO3S. The molecule has 44 heavy (non-hydrogen) atoms. The van der Waals surface area contributed by atoms with Crippen molar-refractivity contribution in [1.29, 1.82) is 0 Å². The van der Waals surface area contributed by atoms with E-state index >= 15 is 0 Å². The van der Waals surface area contributed by atoms with Gasteiger partial charge in [0.15, 0.2) is 9.84 Å². The Morgan fingerprint density at radius 1 is 0.909 bits per heavy atom. The second-order valence-electron chi connectivity index (χ2n) is 10.6. The third-order valence-electron chi connectivity index (χ3n) is 7.39. The van der Waals surface area contributed by atoms with E-state index in [2.05, 4.69) is 0 Å². The Bertz CT molecular complexity index is 1610. The molecule has 0 fully saturated rings. The highest BCUT2D eigenvalue weighted by molar-refractivity contribution is 7.90. The number of halogens is 5. The molecule has 4 aromatic rings. The van der Waals surface area contributed by atoms with Gasteiger partial charge in [0.1, 0.15) is 11.6 Å². The maximum absolute atomic E-state index is 14.7. The highest BCUT2D eigenvalue weighted by Crippen LogP contribution is 2.37. The third kappa shape index (κ3) is 8.61. The normalized spacial score (nSPS) is 12.2. The van der Waals surface area contributed by atoms with Crippen LogP contribution >= 0.6 is 11.6 Å². The Morgan fingerprint density at radius 2 is 1.52 bits per heavy atom. The molecule has 0 saturated carbocycles. The summed E-state index contributed by atoms with van der Waals surface area (Å²) in [5.74, 6) is -0.644. The molecule has 10 heteroatoms. The van der Waals surface area contributed by atoms with Gasteiger partial charge in [-0.25, -0.2) is 12.8 Å². The highest BCUT2D eigenvalue weighted by atomic mass is 35.5. The van der Waals surface area contributed by atoms with Crippen LogP contribution in [0.2, 0.25) is 5.02 Å². The first-order chi connectivity index (χ1) is 20.9. The van der Waals surface area contributed by atoms with E-state index in [4.69, 9.17) is 16.3 Å². The molecule has 0 spiro atoms. The quantitative estimate of drug-likeness (QED) is 0.108. The summed E-state index contributed by atoms with van der Waals surface area (Å²) in [6, 6.07) is 26.1. The molecular weight excluding hydrogens is 614 g/mol. The van der Waals surface area contributed by atoms with Crippen molar-refractivity contribution in [1.82, 2.24) is 4.90 Å². The topological polar surface area (TPSA) is 46.6 Å². The first kappa shape index (κ1) is 33.5. The summed E-state index contributed by atoms with van der Waals surface area (Å²) in [7, 11) is -3.67. The smallest absolute Gasteiger partial charge is 0.417 e. The minimum atomic E-state index is -4.59. The Morgan fingerprint density at radius 3 is 2.07 bits per heavy atom. The summed E-state index contributed by atoms with van der Waals surface area (Å²) < 4.78 is 85.9. The average molecular weight is 648 g/mol. The number of nitrogens with zero attached hydrogens (tertiary/aromatic N) is 1. The molecule has 4 rings (SSSR count). The Balaban J connectivity index is 1.59. The second kappa shape index (κ2) is 14.6. The molecule has 4 nitrogen and oxygen atoms in total. The minimum Gasteiger partial charge on any atom is -0.493 e. The third-order valence-corrected chi connectivity index (χ3v) is 9.00. The van der Waals surface area contributed by atoms with Gasteiger partial charge in [0, 0.05) is 43.4 Å². The van der Waals surface area contributed by atoms with Gasteiger partial charge in [-0.2, -0.15) is 13.2 Å². The van der Waals surface area contributed by atoms with Gasteiger partial charge in [0.05, 0.1) is 22.1 Å². The van der Waals surface area contributed by atoms with Crippen LogP contribution in [0.25, 0.3) is 0 Å². The number of ether oxygens (including phenoxy) is 1. The van der Waals surface area contributed by atoms with Crippen molar-refractivity contribution >= 4 is 21.4 Å². The van der Waals surface area contributed by atoms with Crippen molar-refractivity contribution in [2.45, 2.75) is 43.3 Å². The molecule has 0 unspecified atom stereocenters. The van der Waals surface area contributed by atoms with Crippen molar-refractivity contribution in [3.05, 3.63) is 130 Å². The van der Waals surface area contributed by atoms with Gasteiger partial charge in [-0.05, 0) is 41.7 Å². The Labute approximate surface area is 261 Å². The van der Waals surface area contributed by atoms with E-state index in [-0.39, 0.29) is 46.7 Å². The Hall–Kier alpha value is -3.40. The van der Waals surface area contributed by atoms with Crippen LogP contribution in [0, 0.1) is 5.82 Å². The first-order valence-electron chi connectivity index (χ1n) is 14.2. The molecule has 234 valence electrons. The van der Waals surface area contributed by atoms with Crippen LogP contribution in [0.15, 0.2) is 95.9 Å². The summed E-state index contributed by atoms with van der Waals surface area (Å²) >= 11 is 6.28. The van der Waals surface area contributed by atoms with Gasteiger partial charge in [-0.1, -0.05) is 91.3 Å². The van der Waals surface area contributed by atoms with Gasteiger partial charge in [-0.3, -0.25) is 4.90 Å². The van der Waals surface area contributed by atoms with E-state index in [0.717, 1.165) is 23.4 Å². The number of sulfone groups is 1. The highest BCUT2D eigenvalue weighted by Gasteiger charge is 2.34.